The number of hydrogen-bond donors (Lipinski definition) is 1. The van der Waals surface area contributed by atoms with Gasteiger partial charge in [-0.3, -0.25) is 9.48 Å². The minimum Gasteiger partial charge on any atom is -0.318 e. The fourth-order valence-electron chi connectivity index (χ4n) is 3.59. The van der Waals surface area contributed by atoms with Crippen molar-refractivity contribution in [3.8, 4) is 11.1 Å². The Bertz CT molecular complexity index is 780. The maximum Gasteiger partial charge on any atom is 0.224 e. The molecule has 0 saturated heterocycles. The first kappa shape index (κ1) is 17.4. The van der Waals surface area contributed by atoms with E-state index in [1.54, 1.807) is 6.92 Å². The van der Waals surface area contributed by atoms with Crippen LogP contribution in [0.4, 0.5) is 5.69 Å². The minimum absolute atomic E-state index is 0.0608. The summed E-state index contributed by atoms with van der Waals surface area (Å²) in [6, 6.07) is 6.40. The van der Waals surface area contributed by atoms with Gasteiger partial charge in [0, 0.05) is 30.9 Å². The number of anilines is 1. The van der Waals surface area contributed by atoms with Crippen molar-refractivity contribution in [3.05, 3.63) is 48.8 Å². The topological polar surface area (TPSA) is 50.2 Å². The SMILES string of the molecule is C=C[C@H]1C[C@@H](C)c2cc(-c3cnn(CCNC)c3)ccc2N1C(C)=O. The molecular weight excluding hydrogens is 312 g/mol. The molecule has 1 aliphatic heterocycles. The zero-order valence-electron chi connectivity index (χ0n) is 15.2. The van der Waals surface area contributed by atoms with Crippen molar-refractivity contribution in [2.24, 2.45) is 0 Å². The monoisotopic (exact) mass is 338 g/mol. The molecule has 2 aromatic rings. The first-order chi connectivity index (χ1) is 12.0. The summed E-state index contributed by atoms with van der Waals surface area (Å²) in [4.78, 5) is 14.0. The number of carbonyl (C=O) groups excluding carboxylic acids is 1. The van der Waals surface area contributed by atoms with Gasteiger partial charge in [0.1, 0.15) is 0 Å². The predicted molar refractivity (Wildman–Crippen MR) is 102 cm³/mol. The number of nitrogens with zero attached hydrogens (tertiary/aromatic N) is 3. The Morgan fingerprint density at radius 3 is 2.92 bits per heavy atom. The zero-order valence-corrected chi connectivity index (χ0v) is 15.2. The maximum atomic E-state index is 12.2. The largest absolute Gasteiger partial charge is 0.318 e. The van der Waals surface area contributed by atoms with E-state index in [4.69, 9.17) is 0 Å². The maximum absolute atomic E-state index is 12.2. The van der Waals surface area contributed by atoms with Gasteiger partial charge in [0.25, 0.3) is 0 Å². The third-order valence-electron chi connectivity index (χ3n) is 4.91. The molecular formula is C20H26N4O. The Labute approximate surface area is 149 Å². The lowest BCUT2D eigenvalue weighted by atomic mass is 9.85. The molecule has 1 aromatic carbocycles. The van der Waals surface area contributed by atoms with Gasteiger partial charge in [0.15, 0.2) is 0 Å². The van der Waals surface area contributed by atoms with Crippen LogP contribution in [0.2, 0.25) is 0 Å². The van der Waals surface area contributed by atoms with Crippen LogP contribution in [0.1, 0.15) is 31.7 Å². The van der Waals surface area contributed by atoms with Gasteiger partial charge in [0.05, 0.1) is 18.8 Å². The number of likely N-dealkylation sites (N-methyl/N-ethyl adjacent to an activating group) is 1. The van der Waals surface area contributed by atoms with Gasteiger partial charge in [-0.25, -0.2) is 0 Å². The van der Waals surface area contributed by atoms with E-state index in [1.807, 2.05) is 28.9 Å². The second kappa shape index (κ2) is 7.23. The summed E-state index contributed by atoms with van der Waals surface area (Å²) in [6.07, 6.45) is 6.75. The standard InChI is InChI=1S/C20H26N4O/c1-5-18-10-14(2)19-11-16(6-7-20(19)24(18)15(3)25)17-12-22-23(13-17)9-8-21-4/h5-7,11-14,18,21H,1,8-10H2,2-4H3/t14-,18+/m1/s1. The molecule has 5 heteroatoms. The molecule has 132 valence electrons. The third kappa shape index (κ3) is 3.37. The summed E-state index contributed by atoms with van der Waals surface area (Å²) in [5.74, 6) is 0.443. The Balaban J connectivity index is 1.96. The van der Waals surface area contributed by atoms with Crippen LogP contribution in [0.15, 0.2) is 43.2 Å². The van der Waals surface area contributed by atoms with Crippen molar-refractivity contribution in [1.82, 2.24) is 15.1 Å². The van der Waals surface area contributed by atoms with E-state index in [9.17, 15) is 4.79 Å². The molecule has 1 N–H and O–H groups in total. The van der Waals surface area contributed by atoms with Gasteiger partial charge in [0.2, 0.25) is 5.91 Å². The smallest absolute Gasteiger partial charge is 0.224 e. The van der Waals surface area contributed by atoms with E-state index in [0.29, 0.717) is 5.92 Å². The van der Waals surface area contributed by atoms with Crippen LogP contribution in [0.25, 0.3) is 11.1 Å². The molecule has 2 heterocycles. The van der Waals surface area contributed by atoms with E-state index in [0.717, 1.165) is 36.3 Å². The highest BCUT2D eigenvalue weighted by Gasteiger charge is 2.31. The molecule has 1 aliphatic rings. The number of benzene rings is 1. The Morgan fingerprint density at radius 1 is 1.44 bits per heavy atom. The summed E-state index contributed by atoms with van der Waals surface area (Å²) in [6.45, 7) is 9.47. The van der Waals surface area contributed by atoms with Crippen LogP contribution in [-0.2, 0) is 11.3 Å². The van der Waals surface area contributed by atoms with Crippen LogP contribution in [0.3, 0.4) is 0 Å². The van der Waals surface area contributed by atoms with Gasteiger partial charge in [-0.2, -0.15) is 5.10 Å². The number of amides is 1. The second-order valence-corrected chi connectivity index (χ2v) is 6.70. The summed E-state index contributed by atoms with van der Waals surface area (Å²) in [5, 5.41) is 7.56. The lowest BCUT2D eigenvalue weighted by Gasteiger charge is -2.38. The number of carbonyl (C=O) groups is 1. The van der Waals surface area contributed by atoms with Crippen LogP contribution in [-0.4, -0.2) is 35.3 Å². The van der Waals surface area contributed by atoms with Crippen LogP contribution >= 0.6 is 0 Å². The summed E-state index contributed by atoms with van der Waals surface area (Å²) < 4.78 is 1.95. The van der Waals surface area contributed by atoms with Gasteiger partial charge < -0.3 is 10.2 Å². The van der Waals surface area contributed by atoms with Crippen LogP contribution < -0.4 is 10.2 Å². The van der Waals surface area contributed by atoms with Crippen LogP contribution in [0, 0.1) is 0 Å². The second-order valence-electron chi connectivity index (χ2n) is 6.70. The van der Waals surface area contributed by atoms with Crippen molar-refractivity contribution in [3.63, 3.8) is 0 Å². The van der Waals surface area contributed by atoms with Crippen molar-refractivity contribution in [2.75, 3.05) is 18.5 Å². The lowest BCUT2D eigenvalue weighted by Crippen LogP contribution is -2.42. The summed E-state index contributed by atoms with van der Waals surface area (Å²) >= 11 is 0. The number of aromatic nitrogens is 2. The summed E-state index contributed by atoms with van der Waals surface area (Å²) in [5.41, 5.74) is 4.46. The molecule has 1 amide bonds. The van der Waals surface area contributed by atoms with Crippen molar-refractivity contribution in [2.45, 2.75) is 38.8 Å². The molecule has 0 aliphatic carbocycles. The highest BCUT2D eigenvalue weighted by atomic mass is 16.2. The van der Waals surface area contributed by atoms with Gasteiger partial charge in [-0.15, -0.1) is 6.58 Å². The van der Waals surface area contributed by atoms with E-state index < -0.39 is 0 Å². The lowest BCUT2D eigenvalue weighted by molar-refractivity contribution is -0.117. The first-order valence-corrected chi connectivity index (χ1v) is 8.79. The normalized spacial score (nSPS) is 19.6. The first-order valence-electron chi connectivity index (χ1n) is 8.79. The highest BCUT2D eigenvalue weighted by molar-refractivity contribution is 5.94. The third-order valence-corrected chi connectivity index (χ3v) is 4.91. The van der Waals surface area contributed by atoms with Crippen molar-refractivity contribution >= 4 is 11.6 Å². The fourth-order valence-corrected chi connectivity index (χ4v) is 3.59. The van der Waals surface area contributed by atoms with Gasteiger partial charge in [-0.05, 0) is 42.6 Å². The predicted octanol–water partition coefficient (Wildman–Crippen LogP) is 3.18. The molecule has 0 fully saturated rings. The number of rotatable bonds is 5. The van der Waals surface area contributed by atoms with Gasteiger partial charge >= 0.3 is 0 Å². The zero-order chi connectivity index (χ0) is 18.0. The Kier molecular flexibility index (Phi) is 5.04. The van der Waals surface area contributed by atoms with Crippen LogP contribution in [0.5, 0.6) is 0 Å². The molecule has 0 bridgehead atoms. The van der Waals surface area contributed by atoms with E-state index in [1.165, 1.54) is 5.56 Å². The van der Waals surface area contributed by atoms with E-state index in [2.05, 4.69) is 48.3 Å². The molecule has 0 spiro atoms. The molecule has 0 unspecified atom stereocenters. The fraction of sp³-hybridized carbons (Fsp3) is 0.400. The van der Waals surface area contributed by atoms with Gasteiger partial charge in [-0.1, -0.05) is 19.1 Å². The van der Waals surface area contributed by atoms with Crippen molar-refractivity contribution < 1.29 is 4.79 Å². The van der Waals surface area contributed by atoms with Crippen molar-refractivity contribution in [1.29, 1.82) is 0 Å². The molecule has 1 aromatic heterocycles. The molecule has 25 heavy (non-hydrogen) atoms. The number of nitrogens with one attached hydrogen (secondary N) is 1. The molecule has 3 rings (SSSR count). The molecule has 0 saturated carbocycles. The Hall–Kier alpha value is -2.40. The highest BCUT2D eigenvalue weighted by Crippen LogP contribution is 2.40. The Morgan fingerprint density at radius 2 is 2.24 bits per heavy atom. The average Bonchev–Trinajstić information content (AvgIpc) is 3.08. The quantitative estimate of drug-likeness (QED) is 0.852. The number of fused-ring (bicyclic) bond motifs is 1. The van der Waals surface area contributed by atoms with E-state index in [-0.39, 0.29) is 11.9 Å². The minimum atomic E-state index is 0.0608. The molecule has 2 atom stereocenters. The average molecular weight is 338 g/mol. The number of hydrogen-bond acceptors (Lipinski definition) is 3. The summed E-state index contributed by atoms with van der Waals surface area (Å²) in [7, 11) is 1.94. The van der Waals surface area contributed by atoms with E-state index >= 15 is 0 Å². The molecule has 5 nitrogen and oxygen atoms in total. The molecule has 0 radical (unpaired) electrons.